The molecule has 2 heterocycles. The summed E-state index contributed by atoms with van der Waals surface area (Å²) < 4.78 is 5.45. The summed E-state index contributed by atoms with van der Waals surface area (Å²) in [5.74, 6) is 0.855. The van der Waals surface area contributed by atoms with Gasteiger partial charge in [-0.25, -0.2) is 0 Å². The van der Waals surface area contributed by atoms with Gasteiger partial charge in [0.05, 0.1) is 7.11 Å². The molecule has 1 aromatic carbocycles. The van der Waals surface area contributed by atoms with Crippen LogP contribution in [0.2, 0.25) is 0 Å². The predicted octanol–water partition coefficient (Wildman–Crippen LogP) is 3.70. The normalized spacial score (nSPS) is 10.5. The number of methoxy groups -OCH3 is 1. The third-order valence-corrected chi connectivity index (χ3v) is 3.45. The van der Waals surface area contributed by atoms with E-state index in [0.29, 0.717) is 6.54 Å². The molecule has 4 heteroatoms. The zero-order chi connectivity index (χ0) is 14.7. The largest absolute Gasteiger partial charge is 0.496 e. The highest BCUT2D eigenvalue weighted by atomic mass is 16.5. The fraction of sp³-hybridized carbons (Fsp3) is 0.118. The van der Waals surface area contributed by atoms with Crippen LogP contribution >= 0.6 is 0 Å². The number of nitrogens with zero attached hydrogens (tertiary/aromatic N) is 1. The average Bonchev–Trinajstić information content (AvgIpc) is 2.97. The molecule has 3 rings (SSSR count). The lowest BCUT2D eigenvalue weighted by atomic mass is 10.1. The third kappa shape index (κ3) is 2.60. The van der Waals surface area contributed by atoms with E-state index in [1.807, 2.05) is 36.5 Å². The van der Waals surface area contributed by atoms with Crippen LogP contribution in [0.15, 0.2) is 55.5 Å². The molecule has 2 aromatic heterocycles. The zero-order valence-electron chi connectivity index (χ0n) is 11.9. The average molecular weight is 279 g/mol. The Balaban J connectivity index is 1.85. The topological polar surface area (TPSA) is 49.9 Å². The Kier molecular flexibility index (Phi) is 3.60. The molecular formula is C17H17N3O. The summed E-state index contributed by atoms with van der Waals surface area (Å²) in [6.07, 6.45) is 5.50. The van der Waals surface area contributed by atoms with Crippen molar-refractivity contribution < 1.29 is 4.74 Å². The molecule has 2 N–H and O–H groups in total. The van der Waals surface area contributed by atoms with Gasteiger partial charge in [-0.05, 0) is 29.8 Å². The van der Waals surface area contributed by atoms with Crippen molar-refractivity contribution in [2.45, 2.75) is 0 Å². The summed E-state index contributed by atoms with van der Waals surface area (Å²) in [4.78, 5) is 7.27. The first kappa shape index (κ1) is 13.2. The number of benzene rings is 1. The highest BCUT2D eigenvalue weighted by Crippen LogP contribution is 2.32. The third-order valence-electron chi connectivity index (χ3n) is 3.45. The monoisotopic (exact) mass is 279 g/mol. The molecule has 0 aliphatic heterocycles. The molecule has 0 amide bonds. The van der Waals surface area contributed by atoms with Gasteiger partial charge >= 0.3 is 0 Å². The van der Waals surface area contributed by atoms with E-state index in [-0.39, 0.29) is 0 Å². The van der Waals surface area contributed by atoms with Crippen LogP contribution in [-0.4, -0.2) is 23.6 Å². The molecule has 21 heavy (non-hydrogen) atoms. The summed E-state index contributed by atoms with van der Waals surface area (Å²) in [6, 6.07) is 9.83. The van der Waals surface area contributed by atoms with E-state index in [2.05, 4.69) is 21.9 Å². The van der Waals surface area contributed by atoms with E-state index in [4.69, 9.17) is 4.74 Å². The van der Waals surface area contributed by atoms with Crippen LogP contribution in [0.5, 0.6) is 5.75 Å². The Morgan fingerprint density at radius 2 is 2.10 bits per heavy atom. The predicted molar refractivity (Wildman–Crippen MR) is 86.6 cm³/mol. The van der Waals surface area contributed by atoms with Crippen LogP contribution in [0.25, 0.3) is 16.5 Å². The van der Waals surface area contributed by atoms with Gasteiger partial charge in [0, 0.05) is 47.3 Å². The molecule has 4 nitrogen and oxygen atoms in total. The van der Waals surface area contributed by atoms with Gasteiger partial charge in [0.1, 0.15) is 5.75 Å². The number of H-pyrrole nitrogens is 1. The van der Waals surface area contributed by atoms with E-state index in [1.165, 1.54) is 0 Å². The summed E-state index contributed by atoms with van der Waals surface area (Å²) >= 11 is 0. The minimum absolute atomic E-state index is 0.662. The summed E-state index contributed by atoms with van der Waals surface area (Å²) in [5.41, 5.74) is 4.15. The van der Waals surface area contributed by atoms with E-state index < -0.39 is 0 Å². The Morgan fingerprint density at radius 3 is 2.86 bits per heavy atom. The fourth-order valence-corrected chi connectivity index (χ4v) is 2.37. The van der Waals surface area contributed by atoms with E-state index in [1.54, 1.807) is 19.5 Å². The summed E-state index contributed by atoms with van der Waals surface area (Å²) in [7, 11) is 1.68. The first-order valence-corrected chi connectivity index (χ1v) is 6.75. The minimum Gasteiger partial charge on any atom is -0.496 e. The lowest BCUT2D eigenvalue weighted by Crippen LogP contribution is -2.03. The number of hydrogen-bond acceptors (Lipinski definition) is 3. The van der Waals surface area contributed by atoms with Crippen molar-refractivity contribution in [1.29, 1.82) is 0 Å². The number of pyridine rings is 1. The maximum atomic E-state index is 5.45. The molecule has 0 unspecified atom stereocenters. The number of ether oxygens (including phenoxy) is 1. The molecule has 0 radical (unpaired) electrons. The molecule has 0 atom stereocenters. The number of aromatic nitrogens is 2. The molecule has 0 fully saturated rings. The molecule has 0 bridgehead atoms. The van der Waals surface area contributed by atoms with E-state index in [9.17, 15) is 0 Å². The second kappa shape index (κ2) is 5.71. The number of hydrogen-bond donors (Lipinski definition) is 2. The molecule has 106 valence electrons. The first-order chi connectivity index (χ1) is 10.3. The van der Waals surface area contributed by atoms with Crippen LogP contribution in [0, 0.1) is 0 Å². The molecule has 0 aliphatic rings. The van der Waals surface area contributed by atoms with Crippen LogP contribution in [0.1, 0.15) is 5.56 Å². The lowest BCUT2D eigenvalue weighted by molar-refractivity contribution is 0.420. The highest BCUT2D eigenvalue weighted by Gasteiger charge is 2.11. The Morgan fingerprint density at radius 1 is 1.29 bits per heavy atom. The minimum atomic E-state index is 0.662. The van der Waals surface area contributed by atoms with Gasteiger partial charge in [0.2, 0.25) is 0 Å². The Hall–Kier alpha value is -2.75. The van der Waals surface area contributed by atoms with Gasteiger partial charge in [-0.15, -0.1) is 0 Å². The van der Waals surface area contributed by atoms with Crippen LogP contribution < -0.4 is 10.1 Å². The van der Waals surface area contributed by atoms with Crippen molar-refractivity contribution in [3.8, 4) is 5.75 Å². The molecular weight excluding hydrogens is 262 g/mol. The smallest absolute Gasteiger partial charge is 0.128 e. The number of anilines is 1. The first-order valence-electron chi connectivity index (χ1n) is 6.75. The SMILES string of the molecule is C=C(CNc1ccncc1)c1c[nH]c2cccc(OC)c12. The van der Waals surface area contributed by atoms with Crippen LogP contribution in [0.3, 0.4) is 0 Å². The standard InChI is InChI=1S/C17H17N3O/c1-12(10-19-13-6-8-18-9-7-13)14-11-20-15-4-3-5-16(21-2)17(14)15/h3-9,11,20H,1,10H2,2H3,(H,18,19). The van der Waals surface area contributed by atoms with Gasteiger partial charge < -0.3 is 15.0 Å². The molecule has 0 spiro atoms. The number of nitrogens with one attached hydrogen (secondary N) is 2. The highest BCUT2D eigenvalue weighted by molar-refractivity contribution is 5.97. The maximum Gasteiger partial charge on any atom is 0.128 e. The van der Waals surface area contributed by atoms with Crippen molar-refractivity contribution in [2.24, 2.45) is 0 Å². The lowest BCUT2D eigenvalue weighted by Gasteiger charge is -2.09. The number of rotatable bonds is 5. The Bertz CT molecular complexity index is 762. The maximum absolute atomic E-state index is 5.45. The second-order valence-corrected chi connectivity index (χ2v) is 4.78. The van der Waals surface area contributed by atoms with Gasteiger partial charge in [0.25, 0.3) is 0 Å². The van der Waals surface area contributed by atoms with Gasteiger partial charge in [-0.3, -0.25) is 4.98 Å². The summed E-state index contributed by atoms with van der Waals surface area (Å²) in [5, 5.41) is 4.41. The summed E-state index contributed by atoms with van der Waals surface area (Å²) in [6.45, 7) is 4.85. The number of fused-ring (bicyclic) bond motifs is 1. The van der Waals surface area contributed by atoms with Crippen molar-refractivity contribution in [3.63, 3.8) is 0 Å². The number of aromatic amines is 1. The Labute approximate surface area is 123 Å². The fourth-order valence-electron chi connectivity index (χ4n) is 2.37. The van der Waals surface area contributed by atoms with Crippen molar-refractivity contribution in [3.05, 3.63) is 61.1 Å². The van der Waals surface area contributed by atoms with Gasteiger partial charge in [-0.2, -0.15) is 0 Å². The molecule has 3 aromatic rings. The quantitative estimate of drug-likeness (QED) is 0.748. The zero-order valence-corrected chi connectivity index (χ0v) is 11.9. The van der Waals surface area contributed by atoms with E-state index >= 15 is 0 Å². The second-order valence-electron chi connectivity index (χ2n) is 4.78. The molecule has 0 saturated heterocycles. The van der Waals surface area contributed by atoms with Crippen LogP contribution in [0.4, 0.5) is 5.69 Å². The van der Waals surface area contributed by atoms with Crippen LogP contribution in [-0.2, 0) is 0 Å². The molecule has 0 saturated carbocycles. The van der Waals surface area contributed by atoms with Crippen molar-refractivity contribution >= 4 is 22.2 Å². The van der Waals surface area contributed by atoms with Gasteiger partial charge in [-0.1, -0.05) is 12.6 Å². The van der Waals surface area contributed by atoms with Crippen molar-refractivity contribution in [2.75, 3.05) is 19.0 Å². The van der Waals surface area contributed by atoms with Crippen molar-refractivity contribution in [1.82, 2.24) is 9.97 Å². The van der Waals surface area contributed by atoms with E-state index in [0.717, 1.165) is 33.5 Å². The molecule has 0 aliphatic carbocycles. The van der Waals surface area contributed by atoms with Gasteiger partial charge in [0.15, 0.2) is 0 Å².